The fourth-order valence-electron chi connectivity index (χ4n) is 1.48. The zero-order chi connectivity index (χ0) is 11.5. The van der Waals surface area contributed by atoms with Gasteiger partial charge in [-0.15, -0.1) is 0 Å². The molecule has 5 nitrogen and oxygen atoms in total. The van der Waals surface area contributed by atoms with Crippen LogP contribution in [0.4, 0.5) is 5.69 Å². The minimum atomic E-state index is -0.682. The van der Waals surface area contributed by atoms with E-state index in [1.54, 1.807) is 11.2 Å². The Labute approximate surface area is 96.9 Å². The first-order valence-electron chi connectivity index (χ1n) is 4.81. The van der Waals surface area contributed by atoms with E-state index in [0.717, 1.165) is 0 Å². The highest BCUT2D eigenvalue weighted by Crippen LogP contribution is 2.26. The third-order valence-corrected chi connectivity index (χ3v) is 2.57. The molecule has 2 atom stereocenters. The Morgan fingerprint density at radius 1 is 1.50 bits per heavy atom. The summed E-state index contributed by atoms with van der Waals surface area (Å²) < 4.78 is 10.5. The van der Waals surface area contributed by atoms with Gasteiger partial charge in [0.05, 0.1) is 13.2 Å². The van der Waals surface area contributed by atoms with Gasteiger partial charge in [-0.1, -0.05) is 11.6 Å². The number of hydrogen-bond acceptors (Lipinski definition) is 4. The number of nitroso groups, excluding NO2 is 1. The summed E-state index contributed by atoms with van der Waals surface area (Å²) in [7, 11) is 0. The largest absolute Gasteiger partial charge is 0.478 e. The SMILES string of the molecule is O=[NH+]c1ccc(Cl)cc1O[C@H]1COCC1O. The third-order valence-electron chi connectivity index (χ3n) is 2.33. The van der Waals surface area contributed by atoms with Gasteiger partial charge in [-0.3, -0.25) is 0 Å². The monoisotopic (exact) mass is 244 g/mol. The zero-order valence-electron chi connectivity index (χ0n) is 8.35. The van der Waals surface area contributed by atoms with Crippen molar-refractivity contribution in [3.63, 3.8) is 0 Å². The van der Waals surface area contributed by atoms with E-state index in [1.165, 1.54) is 12.1 Å². The molecule has 2 rings (SSSR count). The molecule has 1 aliphatic heterocycles. The molecule has 1 aromatic carbocycles. The van der Waals surface area contributed by atoms with Crippen LogP contribution in [0.3, 0.4) is 0 Å². The van der Waals surface area contributed by atoms with E-state index in [9.17, 15) is 10.0 Å². The molecule has 0 aromatic heterocycles. The maximum atomic E-state index is 10.7. The highest BCUT2D eigenvalue weighted by molar-refractivity contribution is 6.30. The number of halogens is 1. The van der Waals surface area contributed by atoms with Crippen molar-refractivity contribution in [2.24, 2.45) is 0 Å². The fraction of sp³-hybridized carbons (Fsp3) is 0.400. The van der Waals surface area contributed by atoms with Crippen molar-refractivity contribution < 1.29 is 19.8 Å². The van der Waals surface area contributed by atoms with Crippen LogP contribution >= 0.6 is 11.6 Å². The fourth-order valence-corrected chi connectivity index (χ4v) is 1.64. The van der Waals surface area contributed by atoms with Crippen LogP contribution in [0.1, 0.15) is 0 Å². The van der Waals surface area contributed by atoms with Gasteiger partial charge in [0, 0.05) is 27.2 Å². The first kappa shape index (κ1) is 11.3. The second-order valence-electron chi connectivity index (χ2n) is 3.50. The Bertz CT molecular complexity index is 398. The number of aliphatic hydroxyl groups excluding tert-OH is 1. The van der Waals surface area contributed by atoms with Gasteiger partial charge in [0.2, 0.25) is 0 Å². The normalized spacial score (nSPS) is 24.4. The minimum Gasteiger partial charge on any atom is -0.478 e. The van der Waals surface area contributed by atoms with Crippen molar-refractivity contribution >= 4 is 17.3 Å². The van der Waals surface area contributed by atoms with Crippen molar-refractivity contribution in [3.8, 4) is 5.75 Å². The van der Waals surface area contributed by atoms with Gasteiger partial charge in [-0.25, -0.2) is 0 Å². The van der Waals surface area contributed by atoms with Crippen LogP contribution in [-0.2, 0) is 4.74 Å². The van der Waals surface area contributed by atoms with Gasteiger partial charge in [0.15, 0.2) is 11.9 Å². The molecule has 6 heteroatoms. The molecule has 1 unspecified atom stereocenters. The lowest BCUT2D eigenvalue weighted by molar-refractivity contribution is -0.380. The minimum absolute atomic E-state index is 0.241. The second-order valence-corrected chi connectivity index (χ2v) is 3.94. The maximum Gasteiger partial charge on any atom is 0.294 e. The number of nitrogens with one attached hydrogen (secondary N) is 1. The van der Waals surface area contributed by atoms with E-state index < -0.39 is 12.2 Å². The molecule has 0 spiro atoms. The van der Waals surface area contributed by atoms with Crippen LogP contribution in [0.2, 0.25) is 5.02 Å². The van der Waals surface area contributed by atoms with E-state index in [4.69, 9.17) is 21.1 Å². The number of aliphatic hydroxyl groups is 1. The standard InChI is InChI=1S/C10H10ClNO4/c11-6-1-2-7(12-14)9(3-6)16-10-5-15-4-8(10)13/h1-3,8,10,13H,4-5H2/p+1/t8?,10-/m0/s1. The van der Waals surface area contributed by atoms with Crippen LogP contribution in [0.15, 0.2) is 18.2 Å². The van der Waals surface area contributed by atoms with Crippen molar-refractivity contribution in [3.05, 3.63) is 28.1 Å². The smallest absolute Gasteiger partial charge is 0.294 e. The van der Waals surface area contributed by atoms with E-state index >= 15 is 0 Å². The molecule has 1 aromatic rings. The Hall–Kier alpha value is -1.17. The van der Waals surface area contributed by atoms with Crippen LogP contribution in [-0.4, -0.2) is 30.5 Å². The van der Waals surface area contributed by atoms with Gasteiger partial charge >= 0.3 is 0 Å². The molecule has 0 amide bonds. The Kier molecular flexibility index (Phi) is 3.38. The molecule has 0 bridgehead atoms. The zero-order valence-corrected chi connectivity index (χ0v) is 9.11. The molecule has 1 aliphatic rings. The summed E-state index contributed by atoms with van der Waals surface area (Å²) in [5, 5.41) is 11.7. The molecule has 2 N–H and O–H groups in total. The average Bonchev–Trinajstić information content (AvgIpc) is 2.65. The molecule has 1 fully saturated rings. The average molecular weight is 245 g/mol. The summed E-state index contributed by atoms with van der Waals surface area (Å²) in [4.78, 5) is 10.7. The van der Waals surface area contributed by atoms with Crippen LogP contribution in [0, 0.1) is 4.91 Å². The van der Waals surface area contributed by atoms with E-state index in [-0.39, 0.29) is 12.3 Å². The lowest BCUT2D eigenvalue weighted by Gasteiger charge is -2.14. The van der Waals surface area contributed by atoms with E-state index in [2.05, 4.69) is 0 Å². The summed E-state index contributed by atoms with van der Waals surface area (Å²) in [5.41, 5.74) is 0.281. The van der Waals surface area contributed by atoms with Crippen molar-refractivity contribution in [2.75, 3.05) is 13.2 Å². The Balaban J connectivity index is 2.19. The summed E-state index contributed by atoms with van der Waals surface area (Å²) in [6, 6.07) is 4.62. The number of hydrogen-bond donors (Lipinski definition) is 2. The maximum absolute atomic E-state index is 10.7. The molecule has 1 heterocycles. The summed E-state index contributed by atoms with van der Waals surface area (Å²) in [6.45, 7) is 0.539. The molecular formula is C10H11ClNO4+. The number of rotatable bonds is 3. The quantitative estimate of drug-likeness (QED) is 0.783. The molecule has 16 heavy (non-hydrogen) atoms. The van der Waals surface area contributed by atoms with Crippen molar-refractivity contribution in [1.82, 2.24) is 0 Å². The predicted molar refractivity (Wildman–Crippen MR) is 56.7 cm³/mol. The topological polar surface area (TPSA) is 69.7 Å². The Morgan fingerprint density at radius 3 is 2.94 bits per heavy atom. The van der Waals surface area contributed by atoms with Gasteiger partial charge in [-0.2, -0.15) is 0 Å². The highest BCUT2D eigenvalue weighted by Gasteiger charge is 2.29. The van der Waals surface area contributed by atoms with Crippen LogP contribution in [0.25, 0.3) is 0 Å². The Morgan fingerprint density at radius 2 is 2.31 bits per heavy atom. The number of ether oxygens (including phenoxy) is 2. The van der Waals surface area contributed by atoms with Crippen molar-refractivity contribution in [1.29, 1.82) is 0 Å². The molecule has 86 valence electrons. The van der Waals surface area contributed by atoms with Crippen LogP contribution < -0.4 is 9.91 Å². The molecule has 0 aliphatic carbocycles. The lowest BCUT2D eigenvalue weighted by atomic mass is 10.2. The second kappa shape index (κ2) is 4.78. The van der Waals surface area contributed by atoms with Gasteiger partial charge < -0.3 is 14.6 Å². The van der Waals surface area contributed by atoms with Gasteiger partial charge in [-0.05, 0) is 6.07 Å². The predicted octanol–water partition coefficient (Wildman–Crippen LogP) is -0.0430. The molecular weight excluding hydrogens is 234 g/mol. The third kappa shape index (κ3) is 2.32. The molecule has 1 saturated heterocycles. The molecule has 0 saturated carbocycles. The summed E-state index contributed by atoms with van der Waals surface area (Å²) in [5.74, 6) is 0.317. The van der Waals surface area contributed by atoms with Crippen LogP contribution in [0.5, 0.6) is 5.75 Å². The first-order chi connectivity index (χ1) is 7.70. The van der Waals surface area contributed by atoms with Crippen molar-refractivity contribution in [2.45, 2.75) is 12.2 Å². The van der Waals surface area contributed by atoms with Gasteiger partial charge in [0.25, 0.3) is 5.69 Å². The van der Waals surface area contributed by atoms with Gasteiger partial charge in [0.1, 0.15) is 6.10 Å². The highest BCUT2D eigenvalue weighted by atomic mass is 35.5. The summed E-state index contributed by atoms with van der Waals surface area (Å²) in [6.07, 6.45) is -1.15. The lowest BCUT2D eigenvalue weighted by Crippen LogP contribution is -2.56. The van der Waals surface area contributed by atoms with E-state index in [0.29, 0.717) is 17.4 Å². The number of benzene rings is 1. The van der Waals surface area contributed by atoms with E-state index in [1.807, 2.05) is 0 Å². The summed E-state index contributed by atoms with van der Waals surface area (Å²) >= 11 is 5.79. The first-order valence-corrected chi connectivity index (χ1v) is 5.18. The molecule has 0 radical (unpaired) electrons.